The molecule has 2 N–H and O–H groups in total. The number of hydrogen-bond donors (Lipinski definition) is 1. The highest BCUT2D eigenvalue weighted by Crippen LogP contribution is 2.22. The SMILES string of the molecule is C=C(CCC(C)(C)C)C(N)=O. The molecule has 0 spiro atoms. The van der Waals surface area contributed by atoms with Crippen molar-refractivity contribution in [1.82, 2.24) is 0 Å². The zero-order valence-corrected chi connectivity index (χ0v) is 7.61. The number of carbonyl (C=O) groups excluding carboxylic acids is 1. The molecule has 0 heterocycles. The van der Waals surface area contributed by atoms with E-state index in [1.54, 1.807) is 0 Å². The first-order chi connectivity index (χ1) is 4.83. The molecule has 0 saturated heterocycles. The molecule has 2 heteroatoms. The van der Waals surface area contributed by atoms with Crippen molar-refractivity contribution in [2.45, 2.75) is 33.6 Å². The highest BCUT2D eigenvalue weighted by Gasteiger charge is 2.11. The van der Waals surface area contributed by atoms with Crippen molar-refractivity contribution in [3.8, 4) is 0 Å². The molecule has 2 nitrogen and oxygen atoms in total. The first-order valence-electron chi connectivity index (χ1n) is 3.80. The van der Waals surface area contributed by atoms with E-state index in [1.165, 1.54) is 0 Å². The summed E-state index contributed by atoms with van der Waals surface area (Å²) in [5.74, 6) is -0.380. The zero-order valence-electron chi connectivity index (χ0n) is 7.61. The Morgan fingerprint density at radius 2 is 1.91 bits per heavy atom. The Balaban J connectivity index is 3.73. The zero-order chi connectivity index (χ0) is 9.07. The normalized spacial score (nSPS) is 11.2. The van der Waals surface area contributed by atoms with Crippen LogP contribution in [0.2, 0.25) is 0 Å². The van der Waals surface area contributed by atoms with Gasteiger partial charge in [-0.05, 0) is 18.3 Å². The largest absolute Gasteiger partial charge is 0.366 e. The maximum Gasteiger partial charge on any atom is 0.244 e. The molecule has 1 amide bonds. The van der Waals surface area contributed by atoms with Crippen LogP contribution in [0.4, 0.5) is 0 Å². The Morgan fingerprint density at radius 1 is 1.45 bits per heavy atom. The van der Waals surface area contributed by atoms with E-state index in [-0.39, 0.29) is 11.3 Å². The highest BCUT2D eigenvalue weighted by atomic mass is 16.1. The van der Waals surface area contributed by atoms with Crippen molar-refractivity contribution in [1.29, 1.82) is 0 Å². The monoisotopic (exact) mass is 155 g/mol. The second-order valence-electron chi connectivity index (χ2n) is 4.03. The number of primary amides is 1. The molecule has 0 aromatic heterocycles. The van der Waals surface area contributed by atoms with Crippen molar-refractivity contribution in [2.24, 2.45) is 11.1 Å². The summed E-state index contributed by atoms with van der Waals surface area (Å²) < 4.78 is 0. The highest BCUT2D eigenvalue weighted by molar-refractivity contribution is 5.91. The maximum absolute atomic E-state index is 10.5. The summed E-state index contributed by atoms with van der Waals surface area (Å²) in [7, 11) is 0. The van der Waals surface area contributed by atoms with E-state index in [0.717, 1.165) is 6.42 Å². The van der Waals surface area contributed by atoms with Gasteiger partial charge in [0.2, 0.25) is 5.91 Å². The lowest BCUT2D eigenvalue weighted by molar-refractivity contribution is -0.114. The predicted molar refractivity (Wildman–Crippen MR) is 47.0 cm³/mol. The molecule has 0 saturated carbocycles. The summed E-state index contributed by atoms with van der Waals surface area (Å²) in [5.41, 5.74) is 5.80. The van der Waals surface area contributed by atoms with E-state index in [9.17, 15) is 4.79 Å². The summed E-state index contributed by atoms with van der Waals surface area (Å²) >= 11 is 0. The first-order valence-corrected chi connectivity index (χ1v) is 3.80. The van der Waals surface area contributed by atoms with E-state index in [0.29, 0.717) is 12.0 Å². The van der Waals surface area contributed by atoms with Gasteiger partial charge in [0.25, 0.3) is 0 Å². The Kier molecular flexibility index (Phi) is 3.30. The summed E-state index contributed by atoms with van der Waals surface area (Å²) in [4.78, 5) is 10.5. The van der Waals surface area contributed by atoms with Crippen LogP contribution in [0.5, 0.6) is 0 Å². The van der Waals surface area contributed by atoms with Crippen LogP contribution in [0.1, 0.15) is 33.6 Å². The minimum Gasteiger partial charge on any atom is -0.366 e. The van der Waals surface area contributed by atoms with Crippen LogP contribution >= 0.6 is 0 Å². The van der Waals surface area contributed by atoms with Gasteiger partial charge in [-0.1, -0.05) is 27.4 Å². The Morgan fingerprint density at radius 3 is 2.18 bits per heavy atom. The van der Waals surface area contributed by atoms with Gasteiger partial charge in [0.1, 0.15) is 0 Å². The van der Waals surface area contributed by atoms with Crippen molar-refractivity contribution >= 4 is 5.91 Å². The molecular weight excluding hydrogens is 138 g/mol. The van der Waals surface area contributed by atoms with Gasteiger partial charge in [0, 0.05) is 5.57 Å². The van der Waals surface area contributed by atoms with E-state index in [4.69, 9.17) is 5.73 Å². The lowest BCUT2D eigenvalue weighted by Crippen LogP contribution is -2.15. The summed E-state index contributed by atoms with van der Waals surface area (Å²) in [6, 6.07) is 0. The topological polar surface area (TPSA) is 43.1 Å². The summed E-state index contributed by atoms with van der Waals surface area (Å²) in [6.07, 6.45) is 1.66. The van der Waals surface area contributed by atoms with E-state index < -0.39 is 0 Å². The summed E-state index contributed by atoms with van der Waals surface area (Å²) in [6.45, 7) is 9.96. The van der Waals surface area contributed by atoms with Crippen molar-refractivity contribution in [3.05, 3.63) is 12.2 Å². The van der Waals surface area contributed by atoms with Crippen LogP contribution in [-0.4, -0.2) is 5.91 Å². The van der Waals surface area contributed by atoms with Crippen molar-refractivity contribution < 1.29 is 4.79 Å². The molecule has 0 radical (unpaired) electrons. The van der Waals surface area contributed by atoms with Crippen molar-refractivity contribution in [2.75, 3.05) is 0 Å². The fraction of sp³-hybridized carbons (Fsp3) is 0.667. The average molecular weight is 155 g/mol. The average Bonchev–Trinajstić information content (AvgIpc) is 1.80. The molecule has 0 atom stereocenters. The van der Waals surface area contributed by atoms with Gasteiger partial charge in [-0.2, -0.15) is 0 Å². The number of hydrogen-bond acceptors (Lipinski definition) is 1. The lowest BCUT2D eigenvalue weighted by Gasteiger charge is -2.17. The predicted octanol–water partition coefficient (Wildman–Crippen LogP) is 1.85. The third-order valence-corrected chi connectivity index (χ3v) is 1.53. The fourth-order valence-corrected chi connectivity index (χ4v) is 0.649. The fourth-order valence-electron chi connectivity index (χ4n) is 0.649. The molecular formula is C9H17NO. The van der Waals surface area contributed by atoms with Gasteiger partial charge in [-0.3, -0.25) is 4.79 Å². The second kappa shape index (κ2) is 3.56. The van der Waals surface area contributed by atoms with Crippen LogP contribution in [0, 0.1) is 5.41 Å². The second-order valence-corrected chi connectivity index (χ2v) is 4.03. The number of amides is 1. The number of nitrogens with two attached hydrogens (primary N) is 1. The van der Waals surface area contributed by atoms with Crippen LogP contribution < -0.4 is 5.73 Å². The van der Waals surface area contributed by atoms with Gasteiger partial charge in [-0.15, -0.1) is 0 Å². The molecule has 0 bridgehead atoms. The molecule has 0 aliphatic rings. The van der Waals surface area contributed by atoms with Crippen LogP contribution in [0.25, 0.3) is 0 Å². The van der Waals surface area contributed by atoms with Gasteiger partial charge < -0.3 is 5.73 Å². The minimum atomic E-state index is -0.380. The standard InChI is InChI=1S/C9H17NO/c1-7(8(10)11)5-6-9(2,3)4/h1,5-6H2,2-4H3,(H2,10,11). The first kappa shape index (κ1) is 10.2. The van der Waals surface area contributed by atoms with E-state index >= 15 is 0 Å². The third kappa shape index (κ3) is 5.64. The smallest absolute Gasteiger partial charge is 0.244 e. The van der Waals surface area contributed by atoms with Crippen LogP contribution in [0.15, 0.2) is 12.2 Å². The molecule has 11 heavy (non-hydrogen) atoms. The Hall–Kier alpha value is -0.790. The molecule has 0 aliphatic carbocycles. The van der Waals surface area contributed by atoms with Gasteiger partial charge >= 0.3 is 0 Å². The molecule has 0 rings (SSSR count). The Bertz CT molecular complexity index is 165. The van der Waals surface area contributed by atoms with Gasteiger partial charge in [0.05, 0.1) is 0 Å². The van der Waals surface area contributed by atoms with Crippen molar-refractivity contribution in [3.63, 3.8) is 0 Å². The molecule has 64 valence electrons. The molecule has 0 aliphatic heterocycles. The van der Waals surface area contributed by atoms with Gasteiger partial charge in [0.15, 0.2) is 0 Å². The molecule has 0 fully saturated rings. The van der Waals surface area contributed by atoms with Gasteiger partial charge in [-0.25, -0.2) is 0 Å². The van der Waals surface area contributed by atoms with Crippen LogP contribution in [0.3, 0.4) is 0 Å². The van der Waals surface area contributed by atoms with E-state index in [1.807, 2.05) is 0 Å². The number of carbonyl (C=O) groups is 1. The quantitative estimate of drug-likeness (QED) is 0.621. The molecule has 0 aromatic carbocycles. The lowest BCUT2D eigenvalue weighted by atomic mass is 9.89. The third-order valence-electron chi connectivity index (χ3n) is 1.53. The number of rotatable bonds is 3. The van der Waals surface area contributed by atoms with Crippen LogP contribution in [-0.2, 0) is 4.79 Å². The summed E-state index contributed by atoms with van der Waals surface area (Å²) in [5, 5.41) is 0. The Labute approximate surface area is 68.5 Å². The maximum atomic E-state index is 10.5. The minimum absolute atomic E-state index is 0.248. The van der Waals surface area contributed by atoms with E-state index in [2.05, 4.69) is 27.4 Å². The molecule has 0 aromatic rings. The molecule has 0 unspecified atom stereocenters.